The lowest BCUT2D eigenvalue weighted by Gasteiger charge is -2.25. The molecule has 0 rings (SSSR count). The molecule has 0 aromatic heterocycles. The monoisotopic (exact) mass is 329 g/mol. The molecule has 0 aromatic rings. The lowest BCUT2D eigenvalue weighted by molar-refractivity contribution is -0.122. The van der Waals surface area contributed by atoms with E-state index in [1.54, 1.807) is 0 Å². The van der Waals surface area contributed by atoms with E-state index in [1.807, 2.05) is 13.8 Å². The minimum Gasteiger partial charge on any atom is -0.350 e. The van der Waals surface area contributed by atoms with Gasteiger partial charge in [-0.1, -0.05) is 13.8 Å². The molecule has 0 aliphatic heterocycles. The normalized spacial score (nSPS) is 10.7. The summed E-state index contributed by atoms with van der Waals surface area (Å²) in [6.07, 6.45) is 3.86. The highest BCUT2D eigenvalue weighted by Gasteiger charge is 2.17. The number of carbonyl (C=O) groups is 1. The van der Waals surface area contributed by atoms with Gasteiger partial charge in [0.15, 0.2) is 0 Å². The fourth-order valence-electron chi connectivity index (χ4n) is 1.92. The molecule has 1 amide bonds. The number of nitrogens with two attached hydrogens (primary N) is 1. The fourth-order valence-corrected chi connectivity index (χ4v) is 1.92. The van der Waals surface area contributed by atoms with E-state index >= 15 is 0 Å². The molecule has 0 spiro atoms. The molecule has 0 fully saturated rings. The third-order valence-electron chi connectivity index (χ3n) is 2.95. The topological polar surface area (TPSA) is 58.4 Å². The van der Waals surface area contributed by atoms with Gasteiger partial charge >= 0.3 is 0 Å². The molecule has 3 N–H and O–H groups in total. The second-order valence-corrected chi connectivity index (χ2v) is 5.58. The van der Waals surface area contributed by atoms with Gasteiger partial charge in [-0.3, -0.25) is 4.79 Å². The van der Waals surface area contributed by atoms with Gasteiger partial charge in [-0.2, -0.15) is 0 Å². The molecule has 0 aromatic carbocycles. The minimum absolute atomic E-state index is 0. The van der Waals surface area contributed by atoms with Crippen molar-refractivity contribution in [3.8, 4) is 0 Å². The SMILES string of the molecule is CCCN(CCC)CCCC(=O)NC(C)(C)CN.Cl.Cl. The molecule has 0 aliphatic rings. The summed E-state index contributed by atoms with van der Waals surface area (Å²) in [4.78, 5) is 14.2. The van der Waals surface area contributed by atoms with Crippen LogP contribution in [0.3, 0.4) is 0 Å². The predicted octanol–water partition coefficient (Wildman–Crippen LogP) is 2.59. The molecular formula is C14H33Cl2N3O. The Hall–Kier alpha value is -0.0300. The van der Waals surface area contributed by atoms with Gasteiger partial charge < -0.3 is 16.0 Å². The van der Waals surface area contributed by atoms with Crippen molar-refractivity contribution in [1.29, 1.82) is 0 Å². The summed E-state index contributed by atoms with van der Waals surface area (Å²) < 4.78 is 0. The van der Waals surface area contributed by atoms with E-state index in [0.29, 0.717) is 13.0 Å². The highest BCUT2D eigenvalue weighted by molar-refractivity contribution is 5.85. The van der Waals surface area contributed by atoms with Gasteiger partial charge in [-0.25, -0.2) is 0 Å². The Labute approximate surface area is 137 Å². The molecule has 0 heterocycles. The van der Waals surface area contributed by atoms with E-state index < -0.39 is 0 Å². The van der Waals surface area contributed by atoms with Crippen LogP contribution < -0.4 is 11.1 Å². The number of halogens is 2. The summed E-state index contributed by atoms with van der Waals surface area (Å²) >= 11 is 0. The van der Waals surface area contributed by atoms with E-state index in [9.17, 15) is 4.79 Å². The summed E-state index contributed by atoms with van der Waals surface area (Å²) in [5.74, 6) is 0.110. The average Bonchev–Trinajstić information content (AvgIpc) is 2.29. The first-order valence-corrected chi connectivity index (χ1v) is 7.18. The van der Waals surface area contributed by atoms with Gasteiger partial charge in [0.2, 0.25) is 5.91 Å². The summed E-state index contributed by atoms with van der Waals surface area (Å²) in [5.41, 5.74) is 5.30. The Morgan fingerprint density at radius 1 is 1.10 bits per heavy atom. The molecular weight excluding hydrogens is 297 g/mol. The van der Waals surface area contributed by atoms with Crippen LogP contribution in [0.2, 0.25) is 0 Å². The smallest absolute Gasteiger partial charge is 0.220 e. The summed E-state index contributed by atoms with van der Waals surface area (Å²) in [5, 5.41) is 2.96. The maximum Gasteiger partial charge on any atom is 0.220 e. The van der Waals surface area contributed by atoms with E-state index in [2.05, 4.69) is 24.1 Å². The molecule has 0 radical (unpaired) electrons. The van der Waals surface area contributed by atoms with Crippen LogP contribution >= 0.6 is 24.8 Å². The number of amides is 1. The zero-order valence-corrected chi connectivity index (χ0v) is 15.0. The Balaban J connectivity index is -0.00000144. The van der Waals surface area contributed by atoms with Crippen molar-refractivity contribution in [1.82, 2.24) is 10.2 Å². The van der Waals surface area contributed by atoms with Crippen LogP contribution in [0.15, 0.2) is 0 Å². The van der Waals surface area contributed by atoms with Crippen LogP contribution in [0.1, 0.15) is 53.4 Å². The number of nitrogens with zero attached hydrogens (tertiary/aromatic N) is 1. The molecule has 0 bridgehead atoms. The fraction of sp³-hybridized carbons (Fsp3) is 0.929. The lowest BCUT2D eigenvalue weighted by atomic mass is 10.1. The molecule has 6 heteroatoms. The van der Waals surface area contributed by atoms with E-state index in [1.165, 1.54) is 12.8 Å². The summed E-state index contributed by atoms with van der Waals surface area (Å²) in [6, 6.07) is 0. The number of carbonyl (C=O) groups excluding carboxylic acids is 1. The highest BCUT2D eigenvalue weighted by Crippen LogP contribution is 2.02. The average molecular weight is 330 g/mol. The number of rotatable bonds is 10. The van der Waals surface area contributed by atoms with Crippen molar-refractivity contribution in [2.45, 2.75) is 58.9 Å². The number of nitrogens with one attached hydrogen (secondary N) is 1. The first kappa shape index (κ1) is 25.0. The van der Waals surface area contributed by atoms with Crippen molar-refractivity contribution >= 4 is 30.7 Å². The van der Waals surface area contributed by atoms with Crippen molar-refractivity contribution in [2.75, 3.05) is 26.2 Å². The Morgan fingerprint density at radius 2 is 1.60 bits per heavy atom. The largest absolute Gasteiger partial charge is 0.350 e. The maximum absolute atomic E-state index is 11.7. The van der Waals surface area contributed by atoms with Gasteiger partial charge in [-0.05, 0) is 52.7 Å². The second-order valence-electron chi connectivity index (χ2n) is 5.58. The maximum atomic E-state index is 11.7. The molecule has 0 saturated heterocycles. The third-order valence-corrected chi connectivity index (χ3v) is 2.95. The van der Waals surface area contributed by atoms with Crippen LogP contribution in [-0.2, 0) is 4.79 Å². The highest BCUT2D eigenvalue weighted by atomic mass is 35.5. The van der Waals surface area contributed by atoms with Gasteiger partial charge in [-0.15, -0.1) is 24.8 Å². The van der Waals surface area contributed by atoms with Crippen LogP contribution in [0.4, 0.5) is 0 Å². The van der Waals surface area contributed by atoms with Gasteiger partial charge in [0.1, 0.15) is 0 Å². The van der Waals surface area contributed by atoms with Gasteiger partial charge in [0.05, 0.1) is 0 Å². The van der Waals surface area contributed by atoms with Crippen LogP contribution in [0.25, 0.3) is 0 Å². The predicted molar refractivity (Wildman–Crippen MR) is 92.0 cm³/mol. The zero-order chi connectivity index (χ0) is 14.0. The van der Waals surface area contributed by atoms with Crippen LogP contribution in [0.5, 0.6) is 0 Å². The Kier molecular flexibility index (Phi) is 17.4. The van der Waals surface area contributed by atoms with Crippen molar-refractivity contribution in [2.24, 2.45) is 5.73 Å². The van der Waals surface area contributed by atoms with Crippen molar-refractivity contribution in [3.63, 3.8) is 0 Å². The van der Waals surface area contributed by atoms with Crippen molar-refractivity contribution < 1.29 is 4.79 Å². The second kappa shape index (κ2) is 13.9. The van der Waals surface area contributed by atoms with Gasteiger partial charge in [0.25, 0.3) is 0 Å². The quantitative estimate of drug-likeness (QED) is 0.647. The van der Waals surface area contributed by atoms with E-state index in [4.69, 9.17) is 5.73 Å². The van der Waals surface area contributed by atoms with Gasteiger partial charge in [0, 0.05) is 18.5 Å². The molecule has 0 atom stereocenters. The van der Waals surface area contributed by atoms with Crippen molar-refractivity contribution in [3.05, 3.63) is 0 Å². The first-order valence-electron chi connectivity index (χ1n) is 7.18. The third kappa shape index (κ3) is 13.0. The summed E-state index contributed by atoms with van der Waals surface area (Å²) in [6.45, 7) is 12.0. The molecule has 0 aliphatic carbocycles. The molecule has 20 heavy (non-hydrogen) atoms. The molecule has 0 saturated carbocycles. The Bertz CT molecular complexity index is 232. The molecule has 4 nitrogen and oxygen atoms in total. The lowest BCUT2D eigenvalue weighted by Crippen LogP contribution is -2.48. The van der Waals surface area contributed by atoms with Crippen LogP contribution in [-0.4, -0.2) is 42.5 Å². The van der Waals surface area contributed by atoms with Crippen LogP contribution in [0, 0.1) is 0 Å². The van der Waals surface area contributed by atoms with E-state index in [-0.39, 0.29) is 36.3 Å². The standard InChI is InChI=1S/C14H31N3O.2ClH/c1-5-9-17(10-6-2)11-7-8-13(18)16-14(3,4)12-15;;/h5-12,15H2,1-4H3,(H,16,18);2*1H. The minimum atomic E-state index is -0.288. The first-order chi connectivity index (χ1) is 8.45. The molecule has 124 valence electrons. The van der Waals surface area contributed by atoms with E-state index in [0.717, 1.165) is 26.1 Å². The molecule has 0 unspecified atom stereocenters. The number of hydrogen-bond donors (Lipinski definition) is 2. The Morgan fingerprint density at radius 3 is 2.00 bits per heavy atom. The summed E-state index contributed by atoms with van der Waals surface area (Å²) in [7, 11) is 0. The zero-order valence-electron chi connectivity index (χ0n) is 13.4. The number of hydrogen-bond acceptors (Lipinski definition) is 3.